The van der Waals surface area contributed by atoms with Crippen LogP contribution in [0.1, 0.15) is 74.8 Å². The van der Waals surface area contributed by atoms with Gasteiger partial charge in [0.1, 0.15) is 18.2 Å². The van der Waals surface area contributed by atoms with Crippen molar-refractivity contribution in [3.63, 3.8) is 0 Å². The second-order valence-electron chi connectivity index (χ2n) is 12.1. The fraction of sp³-hybridized carbons (Fsp3) is 0.382. The third-order valence-electron chi connectivity index (χ3n) is 7.88. The van der Waals surface area contributed by atoms with Crippen LogP contribution in [0.4, 0.5) is 9.59 Å². The van der Waals surface area contributed by atoms with Gasteiger partial charge in [0.05, 0.1) is 6.04 Å². The lowest BCUT2D eigenvalue weighted by molar-refractivity contribution is -0.125. The van der Waals surface area contributed by atoms with E-state index in [2.05, 4.69) is 34.9 Å². The largest absolute Gasteiger partial charge is 0.448 e. The second-order valence-corrected chi connectivity index (χ2v) is 12.5. The van der Waals surface area contributed by atoms with Crippen LogP contribution in [0.5, 0.6) is 0 Å². The van der Waals surface area contributed by atoms with E-state index < -0.39 is 29.9 Å². The molecule has 0 radical (unpaired) electrons. The third-order valence-corrected chi connectivity index (χ3v) is 8.12. The molecule has 1 aliphatic heterocycles. The number of amides is 3. The first-order valence-corrected chi connectivity index (χ1v) is 15.1. The number of alkyl carbamates (subject to hydrolysis) is 1. The second kappa shape index (κ2) is 12.7. The molecule has 3 aromatic rings. The van der Waals surface area contributed by atoms with Crippen molar-refractivity contribution in [2.45, 2.75) is 70.7 Å². The molecule has 2 unspecified atom stereocenters. The minimum absolute atomic E-state index is 0.0539. The standard InChI is InChI=1S/C34H38ClN3O5/c1-21(28-18-23(35)16-15-22(28)19-36-32(40)43-34(2,3)4)37-31(39)30-14-9-17-38(30)33(41)42-20-29-26-12-7-5-10-24(26)25-11-6-8-13-27(25)29/h5-8,10-13,15-16,18,21,29-30H,9,14,17,19-20H2,1-4H3,(H,36,40)(H,37,39). The van der Waals surface area contributed by atoms with Crippen molar-refractivity contribution in [3.8, 4) is 11.1 Å². The maximum atomic E-state index is 13.5. The lowest BCUT2D eigenvalue weighted by Crippen LogP contribution is -2.47. The fourth-order valence-electron chi connectivity index (χ4n) is 5.93. The molecular weight excluding hydrogens is 566 g/mol. The number of carbonyl (C=O) groups excluding carboxylic acids is 3. The molecule has 1 aliphatic carbocycles. The Hall–Kier alpha value is -4.04. The Bertz CT molecular complexity index is 1470. The van der Waals surface area contributed by atoms with Crippen molar-refractivity contribution in [3.05, 3.63) is 94.0 Å². The molecule has 0 saturated carbocycles. The van der Waals surface area contributed by atoms with Gasteiger partial charge >= 0.3 is 12.2 Å². The van der Waals surface area contributed by atoms with Crippen LogP contribution in [0.25, 0.3) is 11.1 Å². The zero-order chi connectivity index (χ0) is 30.7. The zero-order valence-corrected chi connectivity index (χ0v) is 25.7. The van der Waals surface area contributed by atoms with Gasteiger partial charge in [0.2, 0.25) is 5.91 Å². The molecule has 2 atom stereocenters. The predicted octanol–water partition coefficient (Wildman–Crippen LogP) is 6.96. The Morgan fingerprint density at radius 2 is 1.65 bits per heavy atom. The van der Waals surface area contributed by atoms with E-state index in [0.29, 0.717) is 24.4 Å². The van der Waals surface area contributed by atoms with Gasteiger partial charge in [-0.3, -0.25) is 9.69 Å². The SMILES string of the molecule is CC(NC(=O)C1CCCN1C(=O)OCC1c2ccccc2-c2ccccc21)c1cc(Cl)ccc1CNC(=O)OC(C)(C)C. The number of benzene rings is 3. The van der Waals surface area contributed by atoms with Gasteiger partial charge in [-0.2, -0.15) is 0 Å². The summed E-state index contributed by atoms with van der Waals surface area (Å²) in [5.74, 6) is -0.314. The van der Waals surface area contributed by atoms with E-state index in [9.17, 15) is 14.4 Å². The Kier molecular flexibility index (Phi) is 8.97. The van der Waals surface area contributed by atoms with Crippen LogP contribution < -0.4 is 10.6 Å². The van der Waals surface area contributed by atoms with Gasteiger partial charge < -0.3 is 20.1 Å². The lowest BCUT2D eigenvalue weighted by Gasteiger charge is -2.26. The molecule has 1 heterocycles. The number of nitrogens with one attached hydrogen (secondary N) is 2. The maximum Gasteiger partial charge on any atom is 0.410 e. The number of hydrogen-bond acceptors (Lipinski definition) is 5. The summed E-state index contributed by atoms with van der Waals surface area (Å²) in [6, 6.07) is 20.6. The van der Waals surface area contributed by atoms with Gasteiger partial charge in [-0.05, 0) is 86.1 Å². The summed E-state index contributed by atoms with van der Waals surface area (Å²) in [4.78, 5) is 40.5. The number of likely N-dealkylation sites (tertiary alicyclic amines) is 1. The van der Waals surface area contributed by atoms with Crippen LogP contribution in [-0.2, 0) is 20.8 Å². The average molecular weight is 604 g/mol. The predicted molar refractivity (Wildman–Crippen MR) is 166 cm³/mol. The molecule has 1 saturated heterocycles. The Labute approximate surface area is 257 Å². The highest BCUT2D eigenvalue weighted by molar-refractivity contribution is 6.30. The van der Waals surface area contributed by atoms with Crippen LogP contribution in [-0.4, -0.2) is 47.8 Å². The molecule has 3 amide bonds. The van der Waals surface area contributed by atoms with Gasteiger partial charge in [-0.1, -0.05) is 66.2 Å². The summed E-state index contributed by atoms with van der Waals surface area (Å²) >= 11 is 6.30. The summed E-state index contributed by atoms with van der Waals surface area (Å²) in [6.07, 6.45) is 0.233. The molecule has 0 bridgehead atoms. The third kappa shape index (κ3) is 6.96. The molecule has 2 aliphatic rings. The van der Waals surface area contributed by atoms with E-state index in [0.717, 1.165) is 33.4 Å². The maximum absolute atomic E-state index is 13.5. The van der Waals surface area contributed by atoms with E-state index in [-0.39, 0.29) is 25.0 Å². The Balaban J connectivity index is 1.22. The van der Waals surface area contributed by atoms with E-state index in [1.807, 2.05) is 37.3 Å². The first-order chi connectivity index (χ1) is 20.5. The highest BCUT2D eigenvalue weighted by Gasteiger charge is 2.37. The number of nitrogens with zero attached hydrogens (tertiary/aromatic N) is 1. The molecule has 3 aromatic carbocycles. The molecule has 226 valence electrons. The number of ether oxygens (including phenoxy) is 2. The molecule has 43 heavy (non-hydrogen) atoms. The van der Waals surface area contributed by atoms with Crippen molar-refractivity contribution < 1.29 is 23.9 Å². The average Bonchev–Trinajstić information content (AvgIpc) is 3.58. The molecule has 0 aromatic heterocycles. The van der Waals surface area contributed by atoms with Crippen molar-refractivity contribution in [2.24, 2.45) is 0 Å². The number of carbonyl (C=O) groups is 3. The number of fused-ring (bicyclic) bond motifs is 3. The van der Waals surface area contributed by atoms with Gasteiger partial charge in [0, 0.05) is 24.0 Å². The Morgan fingerprint density at radius 1 is 1.00 bits per heavy atom. The lowest BCUT2D eigenvalue weighted by atomic mass is 9.98. The molecule has 5 rings (SSSR count). The van der Waals surface area contributed by atoms with Crippen LogP contribution >= 0.6 is 11.6 Å². The number of hydrogen-bond donors (Lipinski definition) is 2. The van der Waals surface area contributed by atoms with Gasteiger partial charge in [-0.15, -0.1) is 0 Å². The molecule has 2 N–H and O–H groups in total. The molecule has 8 nitrogen and oxygen atoms in total. The first-order valence-electron chi connectivity index (χ1n) is 14.7. The highest BCUT2D eigenvalue weighted by Crippen LogP contribution is 2.44. The molecule has 9 heteroatoms. The van der Waals surface area contributed by atoms with Crippen molar-refractivity contribution in [1.29, 1.82) is 0 Å². The van der Waals surface area contributed by atoms with Crippen LogP contribution in [0.15, 0.2) is 66.7 Å². The first kappa shape index (κ1) is 30.4. The summed E-state index contributed by atoms with van der Waals surface area (Å²) in [6.45, 7) is 8.10. The number of rotatable bonds is 7. The summed E-state index contributed by atoms with van der Waals surface area (Å²) in [5, 5.41) is 6.32. The Morgan fingerprint density at radius 3 is 2.30 bits per heavy atom. The summed E-state index contributed by atoms with van der Waals surface area (Å²) in [7, 11) is 0. The van der Waals surface area contributed by atoms with Crippen molar-refractivity contribution >= 4 is 29.7 Å². The topological polar surface area (TPSA) is 97.0 Å². The summed E-state index contributed by atoms with van der Waals surface area (Å²) in [5.41, 5.74) is 5.54. The minimum atomic E-state index is -0.638. The smallest absolute Gasteiger partial charge is 0.410 e. The normalized spacial score (nSPS) is 16.7. The minimum Gasteiger partial charge on any atom is -0.448 e. The van der Waals surface area contributed by atoms with E-state index >= 15 is 0 Å². The van der Waals surface area contributed by atoms with Gasteiger partial charge in [0.25, 0.3) is 0 Å². The molecule has 1 fully saturated rings. The van der Waals surface area contributed by atoms with Crippen molar-refractivity contribution in [1.82, 2.24) is 15.5 Å². The van der Waals surface area contributed by atoms with Crippen LogP contribution in [0.3, 0.4) is 0 Å². The van der Waals surface area contributed by atoms with Crippen LogP contribution in [0.2, 0.25) is 5.02 Å². The van der Waals surface area contributed by atoms with Gasteiger partial charge in [0.15, 0.2) is 0 Å². The van der Waals surface area contributed by atoms with Gasteiger partial charge in [-0.25, -0.2) is 9.59 Å². The van der Waals surface area contributed by atoms with E-state index in [1.165, 1.54) is 4.90 Å². The summed E-state index contributed by atoms with van der Waals surface area (Å²) < 4.78 is 11.2. The monoisotopic (exact) mass is 603 g/mol. The molecular formula is C34H38ClN3O5. The van der Waals surface area contributed by atoms with E-state index in [4.69, 9.17) is 21.1 Å². The highest BCUT2D eigenvalue weighted by atomic mass is 35.5. The number of halogens is 1. The fourth-order valence-corrected chi connectivity index (χ4v) is 6.11. The quantitative estimate of drug-likeness (QED) is 0.304. The van der Waals surface area contributed by atoms with E-state index in [1.54, 1.807) is 32.9 Å². The zero-order valence-electron chi connectivity index (χ0n) is 25.0. The molecule has 0 spiro atoms. The van der Waals surface area contributed by atoms with Crippen molar-refractivity contribution in [2.75, 3.05) is 13.2 Å². The van der Waals surface area contributed by atoms with Crippen LogP contribution in [0, 0.1) is 0 Å².